The van der Waals surface area contributed by atoms with Gasteiger partial charge in [-0.2, -0.15) is 0 Å². The highest BCUT2D eigenvalue weighted by Crippen LogP contribution is 2.34. The van der Waals surface area contributed by atoms with Crippen LogP contribution in [0.2, 0.25) is 0 Å². The predicted molar refractivity (Wildman–Crippen MR) is 106 cm³/mol. The standard InChI is InChI=1S/C18H21BrN4O4/c1-18(2,3)27-17(24)22-7-6-12(10-22)21-16-13-8-11(19)4-5-14(13)20-9-15(16)23(25)26/h4-5,8-9,12H,6-7,10H2,1-3H3,(H,20,21). The van der Waals surface area contributed by atoms with Crippen molar-refractivity contribution in [2.45, 2.75) is 38.8 Å². The number of anilines is 1. The number of fused-ring (bicyclic) bond motifs is 1. The van der Waals surface area contributed by atoms with E-state index in [0.29, 0.717) is 36.1 Å². The van der Waals surface area contributed by atoms with Gasteiger partial charge in [0.05, 0.1) is 10.4 Å². The molecule has 0 aliphatic carbocycles. The number of carbonyl (C=O) groups is 1. The molecule has 1 atom stereocenters. The van der Waals surface area contributed by atoms with Gasteiger partial charge in [0.25, 0.3) is 0 Å². The Kier molecular flexibility index (Phi) is 5.23. The van der Waals surface area contributed by atoms with E-state index >= 15 is 0 Å². The minimum atomic E-state index is -0.561. The van der Waals surface area contributed by atoms with Gasteiger partial charge in [0.15, 0.2) is 0 Å². The van der Waals surface area contributed by atoms with Crippen molar-refractivity contribution in [2.75, 3.05) is 18.4 Å². The van der Waals surface area contributed by atoms with Crippen LogP contribution in [0.1, 0.15) is 27.2 Å². The van der Waals surface area contributed by atoms with Gasteiger partial charge in [-0.15, -0.1) is 0 Å². The largest absolute Gasteiger partial charge is 0.444 e. The highest BCUT2D eigenvalue weighted by atomic mass is 79.9. The number of ether oxygens (including phenoxy) is 1. The molecule has 1 unspecified atom stereocenters. The van der Waals surface area contributed by atoms with Gasteiger partial charge < -0.3 is 15.0 Å². The zero-order valence-electron chi connectivity index (χ0n) is 15.4. The maximum absolute atomic E-state index is 12.2. The summed E-state index contributed by atoms with van der Waals surface area (Å²) in [5, 5.41) is 15.4. The van der Waals surface area contributed by atoms with E-state index in [0.717, 1.165) is 4.47 Å². The average Bonchev–Trinajstić information content (AvgIpc) is 3.02. The molecule has 8 nitrogen and oxygen atoms in total. The number of hydrogen-bond acceptors (Lipinski definition) is 6. The SMILES string of the molecule is CC(C)(C)OC(=O)N1CCC(Nc2c([N+](=O)[O-])cnc3ccc(Br)cc23)C1. The molecule has 1 N–H and O–H groups in total. The van der Waals surface area contributed by atoms with Crippen molar-refractivity contribution in [1.29, 1.82) is 0 Å². The highest BCUT2D eigenvalue weighted by molar-refractivity contribution is 9.10. The Morgan fingerprint density at radius 3 is 2.85 bits per heavy atom. The van der Waals surface area contributed by atoms with Crippen molar-refractivity contribution in [2.24, 2.45) is 0 Å². The predicted octanol–water partition coefficient (Wildman–Crippen LogP) is 4.33. The Hall–Kier alpha value is -2.42. The number of rotatable bonds is 3. The van der Waals surface area contributed by atoms with Crippen LogP contribution in [0.5, 0.6) is 0 Å². The zero-order chi connectivity index (χ0) is 19.8. The molecule has 1 aliphatic heterocycles. The second-order valence-corrected chi connectivity index (χ2v) is 8.41. The molecular weight excluding hydrogens is 416 g/mol. The number of halogens is 1. The van der Waals surface area contributed by atoms with Crippen molar-refractivity contribution in [3.05, 3.63) is 39.0 Å². The summed E-state index contributed by atoms with van der Waals surface area (Å²) in [5.74, 6) is 0. The normalized spacial score (nSPS) is 17.2. The third kappa shape index (κ3) is 4.47. The van der Waals surface area contributed by atoms with Gasteiger partial charge in [0, 0.05) is 29.0 Å². The van der Waals surface area contributed by atoms with Crippen molar-refractivity contribution in [3.63, 3.8) is 0 Å². The van der Waals surface area contributed by atoms with Gasteiger partial charge in [0.2, 0.25) is 0 Å². The summed E-state index contributed by atoms with van der Waals surface area (Å²) >= 11 is 3.40. The van der Waals surface area contributed by atoms with Gasteiger partial charge in [-0.25, -0.2) is 9.78 Å². The number of aromatic nitrogens is 1. The number of nitrogens with zero attached hydrogens (tertiary/aromatic N) is 3. The average molecular weight is 437 g/mol. The van der Waals surface area contributed by atoms with E-state index in [1.165, 1.54) is 6.20 Å². The van der Waals surface area contributed by atoms with Crippen LogP contribution >= 0.6 is 15.9 Å². The molecule has 3 rings (SSSR count). The first-order valence-electron chi connectivity index (χ1n) is 8.61. The summed E-state index contributed by atoms with van der Waals surface area (Å²) in [7, 11) is 0. The minimum absolute atomic E-state index is 0.0867. The maximum Gasteiger partial charge on any atom is 0.410 e. The molecule has 1 fully saturated rings. The van der Waals surface area contributed by atoms with Crippen molar-refractivity contribution >= 4 is 44.3 Å². The van der Waals surface area contributed by atoms with Gasteiger partial charge >= 0.3 is 11.8 Å². The third-order valence-corrected chi connectivity index (χ3v) is 4.69. The zero-order valence-corrected chi connectivity index (χ0v) is 16.9. The summed E-state index contributed by atoms with van der Waals surface area (Å²) in [4.78, 5) is 29.1. The minimum Gasteiger partial charge on any atom is -0.444 e. The number of amides is 1. The molecular formula is C18H21BrN4O4. The van der Waals surface area contributed by atoms with Crippen LogP contribution in [-0.4, -0.2) is 45.6 Å². The first kappa shape index (κ1) is 19.3. The van der Waals surface area contributed by atoms with E-state index in [1.807, 2.05) is 26.8 Å². The van der Waals surface area contributed by atoms with E-state index in [9.17, 15) is 14.9 Å². The van der Waals surface area contributed by atoms with Crippen LogP contribution in [0.25, 0.3) is 10.9 Å². The van der Waals surface area contributed by atoms with Crippen LogP contribution in [0.15, 0.2) is 28.9 Å². The van der Waals surface area contributed by atoms with Gasteiger partial charge in [0.1, 0.15) is 17.5 Å². The molecule has 1 aromatic carbocycles. The number of pyridine rings is 1. The fraction of sp³-hybridized carbons (Fsp3) is 0.444. The molecule has 0 saturated carbocycles. The molecule has 0 spiro atoms. The second-order valence-electron chi connectivity index (χ2n) is 7.49. The molecule has 27 heavy (non-hydrogen) atoms. The smallest absolute Gasteiger partial charge is 0.410 e. The van der Waals surface area contributed by atoms with E-state index < -0.39 is 10.5 Å². The molecule has 0 bridgehead atoms. The van der Waals surface area contributed by atoms with Crippen LogP contribution in [0, 0.1) is 10.1 Å². The summed E-state index contributed by atoms with van der Waals surface area (Å²) in [6.45, 7) is 6.42. The van der Waals surface area contributed by atoms with E-state index in [-0.39, 0.29) is 17.8 Å². The summed E-state index contributed by atoms with van der Waals surface area (Å²) in [6.07, 6.45) is 1.57. The summed E-state index contributed by atoms with van der Waals surface area (Å²) in [5.41, 5.74) is 0.432. The molecule has 9 heteroatoms. The molecule has 2 aromatic rings. The lowest BCUT2D eigenvalue weighted by Gasteiger charge is -2.24. The van der Waals surface area contributed by atoms with Crippen molar-refractivity contribution in [3.8, 4) is 0 Å². The fourth-order valence-corrected chi connectivity index (χ4v) is 3.38. The Bertz CT molecular complexity index is 897. The van der Waals surface area contributed by atoms with Crippen LogP contribution in [0.3, 0.4) is 0 Å². The number of likely N-dealkylation sites (tertiary alicyclic amines) is 1. The number of nitrogens with one attached hydrogen (secondary N) is 1. The molecule has 2 heterocycles. The third-order valence-electron chi connectivity index (χ3n) is 4.20. The maximum atomic E-state index is 12.2. The molecule has 1 saturated heterocycles. The molecule has 0 radical (unpaired) electrons. The lowest BCUT2D eigenvalue weighted by atomic mass is 10.1. The van der Waals surface area contributed by atoms with Crippen LogP contribution in [-0.2, 0) is 4.74 Å². The number of carbonyl (C=O) groups excluding carboxylic acids is 1. The molecule has 1 amide bonds. The quantitative estimate of drug-likeness (QED) is 0.567. The van der Waals surface area contributed by atoms with Crippen molar-refractivity contribution < 1.29 is 14.5 Å². The van der Waals surface area contributed by atoms with Gasteiger partial charge in [-0.1, -0.05) is 15.9 Å². The van der Waals surface area contributed by atoms with E-state index in [2.05, 4.69) is 26.2 Å². The first-order chi connectivity index (χ1) is 12.6. The van der Waals surface area contributed by atoms with Crippen LogP contribution in [0.4, 0.5) is 16.2 Å². The Labute approximate surface area is 165 Å². The number of nitro groups is 1. The lowest BCUT2D eigenvalue weighted by molar-refractivity contribution is -0.384. The molecule has 1 aliphatic rings. The summed E-state index contributed by atoms with van der Waals surface area (Å²) in [6, 6.07) is 5.33. The topological polar surface area (TPSA) is 97.6 Å². The summed E-state index contributed by atoms with van der Waals surface area (Å²) < 4.78 is 6.21. The van der Waals surface area contributed by atoms with Crippen molar-refractivity contribution in [1.82, 2.24) is 9.88 Å². The van der Waals surface area contributed by atoms with Crippen LogP contribution < -0.4 is 5.32 Å². The Morgan fingerprint density at radius 1 is 1.44 bits per heavy atom. The van der Waals surface area contributed by atoms with Gasteiger partial charge in [-0.05, 0) is 45.4 Å². The highest BCUT2D eigenvalue weighted by Gasteiger charge is 2.31. The second kappa shape index (κ2) is 7.30. The monoisotopic (exact) mass is 436 g/mol. The Morgan fingerprint density at radius 2 is 2.19 bits per heavy atom. The first-order valence-corrected chi connectivity index (χ1v) is 9.40. The van der Waals surface area contributed by atoms with E-state index in [1.54, 1.807) is 17.0 Å². The molecule has 1 aromatic heterocycles. The Balaban J connectivity index is 1.84. The molecule has 144 valence electrons. The number of hydrogen-bond donors (Lipinski definition) is 1. The van der Waals surface area contributed by atoms with E-state index in [4.69, 9.17) is 4.74 Å². The van der Waals surface area contributed by atoms with Gasteiger partial charge in [-0.3, -0.25) is 10.1 Å². The fourth-order valence-electron chi connectivity index (χ4n) is 3.02. The number of benzene rings is 1. The lowest BCUT2D eigenvalue weighted by Crippen LogP contribution is -2.36.